The largest absolute Gasteiger partial charge is 0.480 e. The summed E-state index contributed by atoms with van der Waals surface area (Å²) in [6.45, 7) is 9.26. The van der Waals surface area contributed by atoms with Crippen LogP contribution >= 0.6 is 0 Å². The summed E-state index contributed by atoms with van der Waals surface area (Å²) in [6.07, 6.45) is 3.28. The van der Waals surface area contributed by atoms with Crippen molar-refractivity contribution in [2.75, 3.05) is 0 Å². The summed E-state index contributed by atoms with van der Waals surface area (Å²) >= 11 is 0. The van der Waals surface area contributed by atoms with E-state index in [9.17, 15) is 14.7 Å². The second-order valence-corrected chi connectivity index (χ2v) is 6.49. The van der Waals surface area contributed by atoms with Crippen LogP contribution in [-0.4, -0.2) is 28.8 Å². The highest BCUT2D eigenvalue weighted by Gasteiger charge is 2.25. The van der Waals surface area contributed by atoms with Crippen molar-refractivity contribution in [2.45, 2.75) is 58.7 Å². The molecule has 1 aromatic rings. The smallest absolute Gasteiger partial charge is 0.408 e. The minimum absolute atomic E-state index is 0.197. The monoisotopic (exact) mass is 309 g/mol. The molecular weight excluding hydrogens is 284 g/mol. The molecule has 1 amide bonds. The first-order valence-electron chi connectivity index (χ1n) is 7.30. The summed E-state index contributed by atoms with van der Waals surface area (Å²) in [6, 6.07) is 2.95. The van der Waals surface area contributed by atoms with Crippen molar-refractivity contribution in [2.24, 2.45) is 0 Å². The lowest BCUT2D eigenvalue weighted by Crippen LogP contribution is -2.45. The van der Waals surface area contributed by atoms with Gasteiger partial charge < -0.3 is 15.2 Å². The normalized spacial score (nSPS) is 12.8. The van der Waals surface area contributed by atoms with Gasteiger partial charge in [0.1, 0.15) is 11.6 Å². The van der Waals surface area contributed by atoms with Gasteiger partial charge in [0.25, 0.3) is 0 Å². The number of hydrogen-bond acceptors (Lipinski definition) is 3. The van der Waals surface area contributed by atoms with Gasteiger partial charge in [-0.3, -0.25) is 0 Å². The van der Waals surface area contributed by atoms with Crippen molar-refractivity contribution in [3.63, 3.8) is 0 Å². The average molecular weight is 309 g/mol. The van der Waals surface area contributed by atoms with Crippen LogP contribution in [0.3, 0.4) is 0 Å². The van der Waals surface area contributed by atoms with Crippen LogP contribution in [0, 0.1) is 0 Å². The van der Waals surface area contributed by atoms with E-state index >= 15 is 0 Å². The van der Waals surface area contributed by atoms with Gasteiger partial charge in [-0.15, -0.1) is 0 Å². The second kappa shape index (κ2) is 7.24. The lowest BCUT2D eigenvalue weighted by Gasteiger charge is -2.21. The van der Waals surface area contributed by atoms with Crippen LogP contribution in [-0.2, 0) is 16.0 Å². The third-order valence-corrected chi connectivity index (χ3v) is 2.91. The predicted molar refractivity (Wildman–Crippen MR) is 81.5 cm³/mol. The van der Waals surface area contributed by atoms with Crippen LogP contribution in [0.25, 0.3) is 0 Å². The van der Waals surface area contributed by atoms with E-state index < -0.39 is 23.7 Å². The number of carbonyl (C=O) groups is 2. The molecule has 0 unspecified atom stereocenters. The van der Waals surface area contributed by atoms with Crippen LogP contribution in [0.1, 0.15) is 46.2 Å². The summed E-state index contributed by atoms with van der Waals surface area (Å²) in [7, 11) is 0. The van der Waals surface area contributed by atoms with E-state index in [4.69, 9.17) is 4.74 Å². The van der Waals surface area contributed by atoms with Crippen molar-refractivity contribution in [3.8, 4) is 0 Å². The van der Waals surface area contributed by atoms with Crippen molar-refractivity contribution in [1.29, 1.82) is 0 Å². The Morgan fingerprint density at radius 1 is 1.36 bits per heavy atom. The zero-order chi connectivity index (χ0) is 16.9. The minimum atomic E-state index is -1.09. The second-order valence-electron chi connectivity index (χ2n) is 6.49. The average Bonchev–Trinajstić information content (AvgIpc) is 2.35. The number of aromatic nitrogens is 1. The first kappa shape index (κ1) is 17.9. The van der Waals surface area contributed by atoms with Gasteiger partial charge in [-0.25, -0.2) is 14.2 Å². The molecule has 22 heavy (non-hydrogen) atoms. The van der Waals surface area contributed by atoms with E-state index in [0.29, 0.717) is 0 Å². The van der Waals surface area contributed by atoms with Gasteiger partial charge in [-0.05, 0) is 40.7 Å². The number of carboxylic acids is 1. The van der Waals surface area contributed by atoms with Gasteiger partial charge in [-0.1, -0.05) is 0 Å². The molecule has 6 heteroatoms. The Hall–Kier alpha value is -2.11. The Labute approximate surface area is 131 Å². The number of carboxylic acid groups (broad SMARTS) is 1. The zero-order valence-corrected chi connectivity index (χ0v) is 13.8. The van der Waals surface area contributed by atoms with Gasteiger partial charge in [0.15, 0.2) is 18.4 Å². The number of pyridine rings is 1. The Kier molecular flexibility index (Phi) is 5.91. The number of hydrogen-bond donors (Lipinski definition) is 2. The summed E-state index contributed by atoms with van der Waals surface area (Å²) in [4.78, 5) is 23.1. The van der Waals surface area contributed by atoms with Gasteiger partial charge in [-0.2, -0.15) is 0 Å². The van der Waals surface area contributed by atoms with Gasteiger partial charge in [0, 0.05) is 18.1 Å². The maximum Gasteiger partial charge on any atom is 0.408 e. The van der Waals surface area contributed by atoms with E-state index in [0.717, 1.165) is 5.56 Å². The fourth-order valence-corrected chi connectivity index (χ4v) is 1.87. The zero-order valence-electron chi connectivity index (χ0n) is 13.8. The van der Waals surface area contributed by atoms with Crippen molar-refractivity contribution in [3.05, 3.63) is 30.1 Å². The Morgan fingerprint density at radius 2 is 2.00 bits per heavy atom. The van der Waals surface area contributed by atoms with Crippen LogP contribution < -0.4 is 9.88 Å². The third kappa shape index (κ3) is 6.11. The number of ether oxygens (including phenoxy) is 1. The van der Waals surface area contributed by atoms with Crippen molar-refractivity contribution in [1.82, 2.24) is 5.32 Å². The van der Waals surface area contributed by atoms with Crippen LogP contribution in [0.4, 0.5) is 4.79 Å². The molecule has 0 saturated heterocycles. The number of nitrogens with one attached hydrogen (secondary N) is 1. The summed E-state index contributed by atoms with van der Waals surface area (Å²) in [5.74, 6) is -1.09. The number of carbonyl (C=O) groups excluding carboxylic acids is 1. The Bertz CT molecular complexity index is 535. The molecule has 0 aliphatic rings. The molecule has 1 aromatic heterocycles. The highest BCUT2D eigenvalue weighted by molar-refractivity contribution is 5.80. The van der Waals surface area contributed by atoms with Crippen molar-refractivity contribution >= 4 is 12.1 Å². The van der Waals surface area contributed by atoms with Crippen LogP contribution in [0.5, 0.6) is 0 Å². The van der Waals surface area contributed by atoms with Crippen LogP contribution in [0.15, 0.2) is 24.5 Å². The molecular formula is C16H25N2O4+. The molecule has 0 aromatic carbocycles. The Morgan fingerprint density at radius 3 is 2.50 bits per heavy atom. The summed E-state index contributed by atoms with van der Waals surface area (Å²) in [5, 5.41) is 11.7. The quantitative estimate of drug-likeness (QED) is 0.816. The maximum atomic E-state index is 11.7. The molecule has 0 spiro atoms. The molecule has 1 atom stereocenters. The van der Waals surface area contributed by atoms with Gasteiger partial charge in [0.2, 0.25) is 0 Å². The topological polar surface area (TPSA) is 79.5 Å². The highest BCUT2D eigenvalue weighted by Crippen LogP contribution is 2.08. The number of alkyl carbamates (subject to hydrolysis) is 1. The van der Waals surface area contributed by atoms with Gasteiger partial charge >= 0.3 is 12.1 Å². The molecule has 2 N–H and O–H groups in total. The van der Waals surface area contributed by atoms with Crippen molar-refractivity contribution < 1.29 is 24.0 Å². The summed E-state index contributed by atoms with van der Waals surface area (Å²) < 4.78 is 7.09. The molecule has 0 saturated carbocycles. The lowest BCUT2D eigenvalue weighted by molar-refractivity contribution is -0.716. The van der Waals surface area contributed by atoms with Crippen LogP contribution in [0.2, 0.25) is 0 Å². The van der Waals surface area contributed by atoms with E-state index in [1.165, 1.54) is 0 Å². The van der Waals surface area contributed by atoms with E-state index in [-0.39, 0.29) is 12.5 Å². The number of aliphatic carboxylic acids is 1. The maximum absolute atomic E-state index is 11.7. The molecule has 0 bridgehead atoms. The molecule has 6 nitrogen and oxygen atoms in total. The number of amides is 1. The number of nitrogens with zero attached hydrogens (tertiary/aromatic N) is 1. The fraction of sp³-hybridized carbons (Fsp3) is 0.562. The molecule has 0 fully saturated rings. The molecule has 1 rings (SSSR count). The third-order valence-electron chi connectivity index (χ3n) is 2.91. The Balaban J connectivity index is 2.79. The first-order valence-corrected chi connectivity index (χ1v) is 7.30. The molecule has 122 valence electrons. The van der Waals surface area contributed by atoms with E-state index in [1.807, 2.05) is 42.9 Å². The standard InChI is InChI=1S/C16H24N2O4/c1-11(2)18-8-6-7-12(10-18)9-13(14(19)20)17-15(21)22-16(3,4)5/h6-8,10-11,13H,9H2,1-5H3,(H-,17,19,20,21)/p+1/t13-/m1/s1. The number of rotatable bonds is 5. The molecule has 0 aliphatic heterocycles. The van der Waals surface area contributed by atoms with E-state index in [2.05, 4.69) is 5.32 Å². The lowest BCUT2D eigenvalue weighted by atomic mass is 10.1. The minimum Gasteiger partial charge on any atom is -0.480 e. The first-order chi connectivity index (χ1) is 10.1. The predicted octanol–water partition coefficient (Wildman–Crippen LogP) is 2.08. The SMILES string of the molecule is CC(C)[n+]1cccc(C[C@@H](NC(=O)OC(C)(C)C)C(=O)O)c1. The van der Waals surface area contributed by atoms with Gasteiger partial charge in [0.05, 0.1) is 0 Å². The fourth-order valence-electron chi connectivity index (χ4n) is 1.87. The van der Waals surface area contributed by atoms with E-state index in [1.54, 1.807) is 20.8 Å². The molecule has 0 radical (unpaired) electrons. The molecule has 1 heterocycles. The molecule has 0 aliphatic carbocycles. The summed E-state index contributed by atoms with van der Waals surface area (Å²) in [5.41, 5.74) is 0.167. The highest BCUT2D eigenvalue weighted by atomic mass is 16.6.